The highest BCUT2D eigenvalue weighted by molar-refractivity contribution is 5.99. The molecule has 0 atom stereocenters. The van der Waals surface area contributed by atoms with Crippen LogP contribution in [-0.2, 0) is 11.3 Å². The smallest absolute Gasteiger partial charge is 0.292 e. The van der Waals surface area contributed by atoms with Crippen molar-refractivity contribution in [1.29, 1.82) is 0 Å². The van der Waals surface area contributed by atoms with E-state index in [9.17, 15) is 9.59 Å². The third kappa shape index (κ3) is 7.19. The maximum atomic E-state index is 12.8. The zero-order valence-electron chi connectivity index (χ0n) is 27.2. The number of amides is 2. The van der Waals surface area contributed by atoms with Gasteiger partial charge in [-0.05, 0) is 51.6 Å². The Kier molecular flexibility index (Phi) is 9.50. The quantitative estimate of drug-likeness (QED) is 0.0892. The highest BCUT2D eigenvalue weighted by atomic mass is 16.4. The van der Waals surface area contributed by atoms with Crippen LogP contribution < -0.4 is 16.8 Å². The number of carbonyl (C=O) groups excluding carboxylic acids is 2. The van der Waals surface area contributed by atoms with E-state index in [-0.39, 0.29) is 17.8 Å². The number of piperazine rings is 1. The average Bonchev–Trinajstić information content (AvgIpc) is 3.68. The van der Waals surface area contributed by atoms with Crippen LogP contribution in [0, 0.1) is 6.92 Å². The number of benzene rings is 1. The second-order valence-corrected chi connectivity index (χ2v) is 11.4. The number of anilines is 2. The number of unbranched alkanes of at least 4 members (excludes halogenated alkanes) is 1. The lowest BCUT2D eigenvalue weighted by Gasteiger charge is -2.35. The van der Waals surface area contributed by atoms with Crippen molar-refractivity contribution in [2.45, 2.75) is 33.2 Å². The first-order chi connectivity index (χ1) is 23.7. The summed E-state index contributed by atoms with van der Waals surface area (Å²) in [6, 6.07) is 5.57. The molecule has 252 valence electrons. The molecule has 5 heterocycles. The molecule has 1 fully saturated rings. The molecule has 1 aliphatic heterocycles. The Morgan fingerprint density at radius 2 is 1.82 bits per heavy atom. The van der Waals surface area contributed by atoms with E-state index in [2.05, 4.69) is 46.9 Å². The Morgan fingerprint density at radius 3 is 2.57 bits per heavy atom. The van der Waals surface area contributed by atoms with Gasteiger partial charge in [0.05, 0.1) is 10.9 Å². The van der Waals surface area contributed by atoms with Gasteiger partial charge in [-0.1, -0.05) is 0 Å². The molecule has 0 bridgehead atoms. The number of nitrogens with zero attached hydrogens (tertiary/aromatic N) is 11. The molecule has 17 heteroatoms. The van der Waals surface area contributed by atoms with Gasteiger partial charge in [-0.15, -0.1) is 0 Å². The van der Waals surface area contributed by atoms with Gasteiger partial charge in [0.15, 0.2) is 11.2 Å². The predicted octanol–water partition coefficient (Wildman–Crippen LogP) is 2.21. The number of nitrogens with one attached hydrogen (secondary N) is 1. The molecule has 49 heavy (non-hydrogen) atoms. The number of rotatable bonds is 9. The molecule has 1 aliphatic rings. The number of aryl methyl sites for hydroxylation is 2. The molecule has 17 nitrogen and oxygen atoms in total. The van der Waals surface area contributed by atoms with Crippen molar-refractivity contribution in [2.24, 2.45) is 9.98 Å². The summed E-state index contributed by atoms with van der Waals surface area (Å²) in [6.07, 6.45) is 7.38. The fourth-order valence-electron chi connectivity index (χ4n) is 5.44. The highest BCUT2D eigenvalue weighted by Crippen LogP contribution is 2.32. The number of nitrogens with two attached hydrogens (primary N) is 2. The maximum absolute atomic E-state index is 12.8. The predicted molar refractivity (Wildman–Crippen MR) is 184 cm³/mol. The number of aliphatic imine (C=N–C) groups is 2. The Hall–Kier alpha value is -6.26. The topological polar surface area (TPSA) is 225 Å². The van der Waals surface area contributed by atoms with E-state index in [1.54, 1.807) is 29.5 Å². The van der Waals surface area contributed by atoms with Crippen molar-refractivity contribution in [1.82, 2.24) is 49.8 Å². The largest absolute Gasteiger partial charge is 0.424 e. The fraction of sp³-hybridized carbons (Fsp3) is 0.312. The number of carbonyl (C=O) groups is 2. The number of fused-ring (bicyclic) bond motifs is 2. The summed E-state index contributed by atoms with van der Waals surface area (Å²) in [6.45, 7) is 10.1. The van der Waals surface area contributed by atoms with E-state index < -0.39 is 0 Å². The Labute approximate surface area is 280 Å². The molecule has 5 aromatic rings. The molecular formula is C32H36N14O3. The van der Waals surface area contributed by atoms with Crippen molar-refractivity contribution in [3.8, 4) is 11.3 Å². The van der Waals surface area contributed by atoms with Gasteiger partial charge in [-0.3, -0.25) is 9.59 Å². The molecule has 0 spiro atoms. The first-order valence-electron chi connectivity index (χ1n) is 15.7. The van der Waals surface area contributed by atoms with Crippen LogP contribution in [0.15, 0.2) is 63.1 Å². The maximum Gasteiger partial charge on any atom is 0.292 e. The summed E-state index contributed by atoms with van der Waals surface area (Å²) < 4.78 is 7.18. The van der Waals surface area contributed by atoms with Gasteiger partial charge in [-0.2, -0.15) is 10.1 Å². The van der Waals surface area contributed by atoms with Gasteiger partial charge in [0.25, 0.3) is 11.9 Å². The first kappa shape index (κ1) is 32.7. The molecule has 2 amide bonds. The van der Waals surface area contributed by atoms with Crippen LogP contribution in [0.4, 0.5) is 11.8 Å². The second-order valence-electron chi connectivity index (χ2n) is 11.4. The summed E-state index contributed by atoms with van der Waals surface area (Å²) in [5.41, 5.74) is 16.0. The zero-order valence-corrected chi connectivity index (χ0v) is 27.2. The van der Waals surface area contributed by atoms with Gasteiger partial charge in [0.2, 0.25) is 11.9 Å². The van der Waals surface area contributed by atoms with E-state index in [4.69, 9.17) is 21.0 Å². The van der Waals surface area contributed by atoms with Crippen LogP contribution in [-0.4, -0.2) is 102 Å². The van der Waals surface area contributed by atoms with Crippen LogP contribution in [0.25, 0.3) is 33.4 Å². The Bertz CT molecular complexity index is 2070. The summed E-state index contributed by atoms with van der Waals surface area (Å²) in [4.78, 5) is 58.7. The lowest BCUT2D eigenvalue weighted by Crippen LogP contribution is -2.50. The van der Waals surface area contributed by atoms with E-state index in [1.165, 1.54) is 24.9 Å². The van der Waals surface area contributed by atoms with E-state index in [1.807, 2.05) is 17.0 Å². The molecule has 0 unspecified atom stereocenters. The third-order valence-corrected chi connectivity index (χ3v) is 8.07. The minimum atomic E-state index is -0.237. The molecule has 0 aliphatic carbocycles. The Morgan fingerprint density at radius 1 is 1.06 bits per heavy atom. The molecule has 4 aromatic heterocycles. The number of hydrogen-bond acceptors (Lipinski definition) is 12. The lowest BCUT2D eigenvalue weighted by atomic mass is 10.1. The van der Waals surface area contributed by atoms with Crippen LogP contribution in [0.1, 0.15) is 35.9 Å². The molecular weight excluding hydrogens is 628 g/mol. The summed E-state index contributed by atoms with van der Waals surface area (Å²) in [5, 5.41) is 8.38. The first-order valence-corrected chi connectivity index (χ1v) is 15.7. The number of aromatic nitrogens is 7. The number of hydrogen-bond donors (Lipinski definition) is 3. The summed E-state index contributed by atoms with van der Waals surface area (Å²) in [5.74, 6) is 0.964. The molecule has 0 radical (unpaired) electrons. The SMILES string of the molecule is C=NC(=N/C=C(\C)C(=O)NCCCCn1nc(-c2ccc3oc(N)nc3c2)c2c(N)ncnc21)N1CCN(C(=O)c2cnc(C)nc2)CC1. The molecule has 6 rings (SSSR count). The molecule has 5 N–H and O–H groups in total. The lowest BCUT2D eigenvalue weighted by molar-refractivity contribution is -0.117. The van der Waals surface area contributed by atoms with Crippen molar-refractivity contribution in [3.63, 3.8) is 0 Å². The molecule has 0 saturated carbocycles. The van der Waals surface area contributed by atoms with Crippen LogP contribution in [0.3, 0.4) is 0 Å². The summed E-state index contributed by atoms with van der Waals surface area (Å²) >= 11 is 0. The fourth-order valence-corrected chi connectivity index (χ4v) is 5.44. The van der Waals surface area contributed by atoms with Gasteiger partial charge in [-0.25, -0.2) is 34.6 Å². The minimum Gasteiger partial charge on any atom is -0.424 e. The van der Waals surface area contributed by atoms with Gasteiger partial charge >= 0.3 is 0 Å². The molecule has 1 saturated heterocycles. The zero-order chi connectivity index (χ0) is 34.5. The summed E-state index contributed by atoms with van der Waals surface area (Å²) in [7, 11) is 0. The third-order valence-electron chi connectivity index (χ3n) is 8.07. The van der Waals surface area contributed by atoms with Gasteiger partial charge in [0, 0.05) is 69.0 Å². The van der Waals surface area contributed by atoms with E-state index in [0.717, 1.165) is 12.0 Å². The monoisotopic (exact) mass is 664 g/mol. The highest BCUT2D eigenvalue weighted by Gasteiger charge is 2.24. The minimum absolute atomic E-state index is 0.0878. The second kappa shape index (κ2) is 14.2. The van der Waals surface area contributed by atoms with Crippen molar-refractivity contribution >= 4 is 58.5 Å². The Balaban J connectivity index is 1.00. The van der Waals surface area contributed by atoms with Crippen LogP contribution >= 0.6 is 0 Å². The van der Waals surface area contributed by atoms with Crippen molar-refractivity contribution in [2.75, 3.05) is 44.2 Å². The van der Waals surface area contributed by atoms with Crippen molar-refractivity contribution in [3.05, 3.63) is 60.1 Å². The van der Waals surface area contributed by atoms with Crippen LogP contribution in [0.5, 0.6) is 0 Å². The number of nitrogen functional groups attached to an aromatic ring is 2. The number of oxazole rings is 1. The van der Waals surface area contributed by atoms with Gasteiger partial charge in [0.1, 0.15) is 29.2 Å². The van der Waals surface area contributed by atoms with Crippen LogP contribution in [0.2, 0.25) is 0 Å². The normalized spacial score (nSPS) is 14.1. The van der Waals surface area contributed by atoms with E-state index >= 15 is 0 Å². The average molecular weight is 665 g/mol. The van der Waals surface area contributed by atoms with Crippen molar-refractivity contribution < 1.29 is 14.0 Å². The van der Waals surface area contributed by atoms with E-state index in [0.29, 0.717) is 102 Å². The number of guanidine groups is 1. The van der Waals surface area contributed by atoms with Gasteiger partial charge < -0.3 is 31.0 Å². The molecule has 1 aromatic carbocycles. The standard InChI is InChI=1S/C32H36N14O3/c1-19(15-39-32(35-3)45-12-10-44(11-13-45)30(48)22-16-37-20(2)38-17-22)29(47)36-8-4-5-9-46-28-25(27(33)40-18-41-28)26(43-46)21-6-7-24-23(14-21)42-31(34)49-24/h6-7,14-18H,3-5,8-13H2,1-2H3,(H2,34,42)(H,36,47)(H2,33,40,41)/b19-15+,39-32?.